The quantitative estimate of drug-likeness (QED) is 0.587. The fourth-order valence-corrected chi connectivity index (χ4v) is 1.06. The molecule has 0 bridgehead atoms. The second kappa shape index (κ2) is 5.82. The van der Waals surface area contributed by atoms with Crippen molar-refractivity contribution in [3.8, 4) is 0 Å². The van der Waals surface area contributed by atoms with Gasteiger partial charge in [-0.1, -0.05) is 6.07 Å². The van der Waals surface area contributed by atoms with Gasteiger partial charge >= 0.3 is 0 Å². The topological polar surface area (TPSA) is 111 Å². The lowest BCUT2D eigenvalue weighted by molar-refractivity contribution is -0.126. The predicted octanol–water partition coefficient (Wildman–Crippen LogP) is -1.10. The Bertz CT molecular complexity index is 366. The Hall–Kier alpha value is -1.95. The normalized spacial score (nSPS) is 11.8. The summed E-state index contributed by atoms with van der Waals surface area (Å²) in [6, 6.07) is 4.45. The second-order valence-corrected chi connectivity index (χ2v) is 3.31. The number of nitrogens with zero attached hydrogens (tertiary/aromatic N) is 1. The lowest BCUT2D eigenvalue weighted by atomic mass is 10.2. The summed E-state index contributed by atoms with van der Waals surface area (Å²) in [5.41, 5.74) is 11.0. The maximum atomic E-state index is 11.3. The van der Waals surface area contributed by atoms with Crippen LogP contribution < -0.4 is 16.8 Å². The van der Waals surface area contributed by atoms with Crippen LogP contribution in [-0.2, 0) is 16.1 Å². The van der Waals surface area contributed by atoms with Gasteiger partial charge < -0.3 is 16.8 Å². The lowest BCUT2D eigenvalue weighted by Crippen LogP contribution is -2.40. The number of nitrogens with two attached hydrogens (primary N) is 2. The Kier molecular flexibility index (Phi) is 4.41. The van der Waals surface area contributed by atoms with Crippen molar-refractivity contribution in [1.82, 2.24) is 10.3 Å². The van der Waals surface area contributed by atoms with Crippen molar-refractivity contribution in [3.63, 3.8) is 0 Å². The molecule has 86 valence electrons. The number of nitrogens with one attached hydrogen (secondary N) is 1. The number of carbonyl (C=O) groups is 2. The number of carbonyl (C=O) groups excluding carboxylic acids is 2. The number of aromatic nitrogens is 1. The van der Waals surface area contributed by atoms with Crippen molar-refractivity contribution < 1.29 is 9.59 Å². The van der Waals surface area contributed by atoms with E-state index in [1.54, 1.807) is 18.3 Å². The molecular formula is C10H14N4O2. The molecular weight excluding hydrogens is 208 g/mol. The summed E-state index contributed by atoms with van der Waals surface area (Å²) in [5, 5.41) is 2.60. The van der Waals surface area contributed by atoms with Gasteiger partial charge in [-0.3, -0.25) is 14.6 Å². The monoisotopic (exact) mass is 222 g/mol. The molecule has 0 fully saturated rings. The first-order valence-corrected chi connectivity index (χ1v) is 4.81. The fraction of sp³-hybridized carbons (Fsp3) is 0.300. The maximum Gasteiger partial charge on any atom is 0.234 e. The van der Waals surface area contributed by atoms with Gasteiger partial charge in [-0.25, -0.2) is 0 Å². The van der Waals surface area contributed by atoms with Gasteiger partial charge in [0.1, 0.15) is 0 Å². The molecule has 0 unspecified atom stereocenters. The van der Waals surface area contributed by atoms with Gasteiger partial charge in [-0.2, -0.15) is 0 Å². The molecule has 0 aliphatic heterocycles. The van der Waals surface area contributed by atoms with E-state index < -0.39 is 11.9 Å². The number of primary amides is 1. The van der Waals surface area contributed by atoms with E-state index >= 15 is 0 Å². The lowest BCUT2D eigenvalue weighted by Gasteiger charge is -2.07. The van der Waals surface area contributed by atoms with Crippen LogP contribution in [-0.4, -0.2) is 22.8 Å². The number of pyridine rings is 1. The average Bonchev–Trinajstić information content (AvgIpc) is 2.27. The van der Waals surface area contributed by atoms with Gasteiger partial charge in [0, 0.05) is 6.20 Å². The molecule has 0 saturated carbocycles. The van der Waals surface area contributed by atoms with Crippen LogP contribution in [0.15, 0.2) is 24.4 Å². The average molecular weight is 222 g/mol. The highest BCUT2D eigenvalue weighted by Crippen LogP contribution is 1.93. The summed E-state index contributed by atoms with van der Waals surface area (Å²) in [6.07, 6.45) is 1.53. The SMILES string of the molecule is NC(=O)[C@@H](N)CC(=O)NCc1ccccn1. The molecule has 0 spiro atoms. The van der Waals surface area contributed by atoms with Crippen LogP contribution in [0.5, 0.6) is 0 Å². The number of rotatable bonds is 5. The van der Waals surface area contributed by atoms with Crippen molar-refractivity contribution in [2.45, 2.75) is 19.0 Å². The largest absolute Gasteiger partial charge is 0.368 e. The zero-order valence-electron chi connectivity index (χ0n) is 8.72. The summed E-state index contributed by atoms with van der Waals surface area (Å²) in [5.74, 6) is -1.01. The third-order valence-electron chi connectivity index (χ3n) is 1.96. The summed E-state index contributed by atoms with van der Waals surface area (Å²) < 4.78 is 0. The summed E-state index contributed by atoms with van der Waals surface area (Å²) in [6.45, 7) is 0.311. The third-order valence-corrected chi connectivity index (χ3v) is 1.96. The molecule has 0 aliphatic rings. The van der Waals surface area contributed by atoms with Crippen molar-refractivity contribution in [2.75, 3.05) is 0 Å². The van der Waals surface area contributed by atoms with E-state index in [-0.39, 0.29) is 12.3 Å². The van der Waals surface area contributed by atoms with E-state index in [0.717, 1.165) is 5.69 Å². The van der Waals surface area contributed by atoms with Crippen LogP contribution in [0.3, 0.4) is 0 Å². The van der Waals surface area contributed by atoms with Gasteiger partial charge in [0.2, 0.25) is 11.8 Å². The Morgan fingerprint density at radius 3 is 2.75 bits per heavy atom. The molecule has 1 atom stereocenters. The molecule has 1 aromatic heterocycles. The minimum Gasteiger partial charge on any atom is -0.368 e. The molecule has 5 N–H and O–H groups in total. The van der Waals surface area contributed by atoms with Crippen LogP contribution >= 0.6 is 0 Å². The Morgan fingerprint density at radius 2 is 2.19 bits per heavy atom. The molecule has 1 heterocycles. The molecule has 16 heavy (non-hydrogen) atoms. The van der Waals surface area contributed by atoms with Gasteiger partial charge in [0.15, 0.2) is 0 Å². The molecule has 2 amide bonds. The molecule has 6 nitrogen and oxygen atoms in total. The van der Waals surface area contributed by atoms with Crippen molar-refractivity contribution >= 4 is 11.8 Å². The Morgan fingerprint density at radius 1 is 1.44 bits per heavy atom. The van der Waals surface area contributed by atoms with Crippen LogP contribution in [0.1, 0.15) is 12.1 Å². The fourth-order valence-electron chi connectivity index (χ4n) is 1.06. The summed E-state index contributed by atoms with van der Waals surface area (Å²) in [7, 11) is 0. The van der Waals surface area contributed by atoms with Gasteiger partial charge in [-0.05, 0) is 12.1 Å². The van der Waals surface area contributed by atoms with Crippen LogP contribution in [0.2, 0.25) is 0 Å². The first kappa shape index (κ1) is 12.1. The van der Waals surface area contributed by atoms with Gasteiger partial charge in [0.05, 0.1) is 24.7 Å². The van der Waals surface area contributed by atoms with E-state index in [2.05, 4.69) is 10.3 Å². The molecule has 0 aliphatic carbocycles. The van der Waals surface area contributed by atoms with Crippen LogP contribution in [0.25, 0.3) is 0 Å². The Labute approximate surface area is 93.0 Å². The minimum atomic E-state index is -0.941. The number of amides is 2. The van der Waals surface area contributed by atoms with E-state index in [0.29, 0.717) is 6.54 Å². The number of hydrogen-bond donors (Lipinski definition) is 3. The second-order valence-electron chi connectivity index (χ2n) is 3.31. The van der Waals surface area contributed by atoms with E-state index in [1.165, 1.54) is 0 Å². The van der Waals surface area contributed by atoms with E-state index in [1.807, 2.05) is 6.07 Å². The zero-order chi connectivity index (χ0) is 12.0. The van der Waals surface area contributed by atoms with E-state index in [9.17, 15) is 9.59 Å². The minimum absolute atomic E-state index is 0.109. The number of hydrogen-bond acceptors (Lipinski definition) is 4. The van der Waals surface area contributed by atoms with E-state index in [4.69, 9.17) is 11.5 Å². The van der Waals surface area contributed by atoms with Gasteiger partial charge in [-0.15, -0.1) is 0 Å². The van der Waals surface area contributed by atoms with Crippen molar-refractivity contribution in [1.29, 1.82) is 0 Å². The van der Waals surface area contributed by atoms with Crippen LogP contribution in [0.4, 0.5) is 0 Å². The first-order chi connectivity index (χ1) is 7.59. The highest BCUT2D eigenvalue weighted by Gasteiger charge is 2.13. The predicted molar refractivity (Wildman–Crippen MR) is 57.9 cm³/mol. The smallest absolute Gasteiger partial charge is 0.234 e. The molecule has 1 rings (SSSR count). The highest BCUT2D eigenvalue weighted by molar-refractivity contribution is 5.86. The third kappa shape index (κ3) is 4.05. The van der Waals surface area contributed by atoms with Crippen molar-refractivity contribution in [3.05, 3.63) is 30.1 Å². The highest BCUT2D eigenvalue weighted by atomic mass is 16.2. The first-order valence-electron chi connectivity index (χ1n) is 4.81. The molecule has 0 radical (unpaired) electrons. The zero-order valence-corrected chi connectivity index (χ0v) is 8.72. The summed E-state index contributed by atoms with van der Waals surface area (Å²) >= 11 is 0. The Balaban J connectivity index is 2.33. The molecule has 1 aromatic rings. The molecule has 6 heteroatoms. The summed E-state index contributed by atoms with van der Waals surface area (Å²) in [4.78, 5) is 25.9. The maximum absolute atomic E-state index is 11.3. The van der Waals surface area contributed by atoms with Crippen molar-refractivity contribution in [2.24, 2.45) is 11.5 Å². The van der Waals surface area contributed by atoms with Gasteiger partial charge in [0.25, 0.3) is 0 Å². The van der Waals surface area contributed by atoms with Crippen LogP contribution in [0, 0.1) is 0 Å². The standard InChI is InChI=1S/C10H14N4O2/c11-8(10(12)16)5-9(15)14-6-7-3-1-2-4-13-7/h1-4,8H,5-6,11H2,(H2,12,16)(H,14,15)/t8-/m0/s1. The molecule has 0 saturated heterocycles. The molecule has 0 aromatic carbocycles.